The van der Waals surface area contributed by atoms with Crippen molar-refractivity contribution in [1.82, 2.24) is 0 Å². The third kappa shape index (κ3) is 21.7. The minimum absolute atomic E-state index is 0.0133. The van der Waals surface area contributed by atoms with Gasteiger partial charge in [-0.25, -0.2) is 31.2 Å². The first-order valence-electron chi connectivity index (χ1n) is 31.2. The number of hydrogen-bond acceptors (Lipinski definition) is 16. The van der Waals surface area contributed by atoms with Gasteiger partial charge in [-0.1, -0.05) is 122 Å². The van der Waals surface area contributed by atoms with Gasteiger partial charge in [0.2, 0.25) is 6.10 Å². The summed E-state index contributed by atoms with van der Waals surface area (Å²) in [4.78, 5) is 56.2. The highest BCUT2D eigenvalue weighted by atomic mass is 32.2. The maximum atomic E-state index is 13.9. The first-order valence-corrected chi connectivity index (χ1v) is 36.5. The summed E-state index contributed by atoms with van der Waals surface area (Å²) in [6, 6.07) is 64.3. The fourth-order valence-corrected chi connectivity index (χ4v) is 17.0. The summed E-state index contributed by atoms with van der Waals surface area (Å²) < 4.78 is 262. The molecule has 4 aliphatic rings. The lowest BCUT2D eigenvalue weighted by molar-refractivity contribution is -0.329. The molecule has 0 saturated heterocycles. The molecule has 0 radical (unpaired) electrons. The van der Waals surface area contributed by atoms with Crippen LogP contribution in [0.15, 0.2) is 236 Å². The number of rotatable bonds is 24. The van der Waals surface area contributed by atoms with Crippen LogP contribution in [0, 0.1) is 23.2 Å². The molecule has 566 valence electrons. The summed E-state index contributed by atoms with van der Waals surface area (Å²) in [5.41, 5.74) is -6.32. The van der Waals surface area contributed by atoms with Gasteiger partial charge in [0.05, 0.1) is 27.2 Å². The molecule has 0 amide bonds. The number of halogens is 13. The van der Waals surface area contributed by atoms with E-state index in [-0.39, 0.29) is 58.1 Å². The predicted octanol–water partition coefficient (Wildman–Crippen LogP) is 15.7. The number of carbonyl (C=O) groups is 4. The molecule has 6 aromatic carbocycles. The van der Waals surface area contributed by atoms with Crippen molar-refractivity contribution in [3.63, 3.8) is 0 Å². The average molecular weight is 1560 g/mol. The fraction of sp³-hybridized carbons (Fsp3) is 0.380. The Morgan fingerprint density at radius 3 is 1.15 bits per heavy atom. The van der Waals surface area contributed by atoms with Gasteiger partial charge in [-0.2, -0.15) is 57.1 Å². The number of carbonyl (C=O) groups excluding carboxylic acids is 4. The summed E-state index contributed by atoms with van der Waals surface area (Å²) >= 11 is 0. The molecule has 4 fully saturated rings. The molecular weight excluding hydrogens is 1480 g/mol. The SMILES string of the molecule is C=C(C)C(=O)OC(C)CC(C)(OCOC(C(F)(F)F)C(F)(F)S(=O)(=O)[O-])C(F)(F)F.C=C(C)C(=O)OCC(=O)OC1(C)C2CC3CC1CC(C(=O)OC(C(F)(F)F)C(F)(F)S(=O)(=O)[O-])(C3)C2.c1ccc([S+](c2ccccc2)c2ccccc2)cc1.c1ccc([S+](c2ccccc2)c2ccccc2)cc1. The second kappa shape index (κ2) is 34.6. The lowest BCUT2D eigenvalue weighted by atomic mass is 9.45. The molecule has 0 aliphatic heterocycles. The second-order valence-electron chi connectivity index (χ2n) is 24.8. The van der Waals surface area contributed by atoms with Crippen LogP contribution in [0.1, 0.15) is 73.1 Å². The zero-order valence-electron chi connectivity index (χ0n) is 55.9. The van der Waals surface area contributed by atoms with Gasteiger partial charge >= 0.3 is 52.9 Å². The monoisotopic (exact) mass is 1550 g/mol. The number of ether oxygens (including phenoxy) is 6. The van der Waals surface area contributed by atoms with E-state index in [4.69, 9.17) is 9.47 Å². The van der Waals surface area contributed by atoms with Crippen LogP contribution in [0.5, 0.6) is 0 Å². The van der Waals surface area contributed by atoms with Crippen molar-refractivity contribution >= 4 is 65.9 Å². The van der Waals surface area contributed by atoms with E-state index in [9.17, 15) is 102 Å². The van der Waals surface area contributed by atoms with Gasteiger partial charge < -0.3 is 37.5 Å². The minimum atomic E-state index is -6.89. The Bertz CT molecular complexity index is 3790. The highest BCUT2D eigenvalue weighted by Gasteiger charge is 2.69. The van der Waals surface area contributed by atoms with E-state index in [1.807, 2.05) is 0 Å². The third-order valence-electron chi connectivity index (χ3n) is 16.8. The van der Waals surface area contributed by atoms with Gasteiger partial charge in [-0.15, -0.1) is 0 Å². The first kappa shape index (κ1) is 85.1. The summed E-state index contributed by atoms with van der Waals surface area (Å²) in [5, 5.41) is -12.0. The molecule has 4 bridgehead atoms. The van der Waals surface area contributed by atoms with Crippen LogP contribution in [0.25, 0.3) is 0 Å². The molecule has 4 saturated carbocycles. The quantitative estimate of drug-likeness (QED) is 0.0104. The van der Waals surface area contributed by atoms with Crippen molar-refractivity contribution in [2.75, 3.05) is 13.4 Å². The molecule has 0 N–H and O–H groups in total. The van der Waals surface area contributed by atoms with Gasteiger partial charge in [0, 0.05) is 29.4 Å². The summed E-state index contributed by atoms with van der Waals surface area (Å²) in [6.45, 7) is 9.12. The maximum absolute atomic E-state index is 13.9. The molecule has 6 atom stereocenters. The number of benzene rings is 6. The number of hydrogen-bond donors (Lipinski definition) is 0. The Morgan fingerprint density at radius 2 is 0.856 bits per heavy atom. The van der Waals surface area contributed by atoms with Crippen LogP contribution in [0.4, 0.5) is 57.1 Å². The molecule has 33 heteroatoms. The number of alkyl halides is 13. The van der Waals surface area contributed by atoms with E-state index in [2.05, 4.69) is 214 Å². The van der Waals surface area contributed by atoms with E-state index in [1.54, 1.807) is 6.92 Å². The van der Waals surface area contributed by atoms with Crippen LogP contribution in [-0.2, 0) is 89.6 Å². The van der Waals surface area contributed by atoms with Gasteiger partial charge in [-0.05, 0) is 145 Å². The third-order valence-corrected chi connectivity index (χ3v) is 23.0. The van der Waals surface area contributed by atoms with Gasteiger partial charge in [0.1, 0.15) is 18.5 Å². The standard InChI is InChI=1S/C21H25F5O9S.2C18H15S.C14H18F8O7S/c1-10(2)15(28)33-9-14(27)35-18(3)12-4-11-5-13(18)8-19(6-11,7-12)17(29)34-16(20(22,23)24)21(25,26)36(30,31)32;2*1-4-10-16(11-5-1)19(17-12-6-2-7-13-17)18-14-8-3-9-15-18;1-7(2)9(23)29-8(3)5-11(4,14(20,21)22)28-6-27-10(12(15,16)17)13(18,19)30(24,25)26/h11-13,16H,1,4-9H2,2-3H3,(H,30,31,32);2*1-15H;8,10H,1,5-6H2,2-4H3,(H,24,25,26)/q;2*+1;/p-2. The normalized spacial score (nSPS) is 20.2. The van der Waals surface area contributed by atoms with Crippen molar-refractivity contribution in [2.45, 2.75) is 161 Å². The first-order chi connectivity index (χ1) is 48.2. The Balaban J connectivity index is 0.000000225. The molecule has 0 spiro atoms. The van der Waals surface area contributed by atoms with E-state index >= 15 is 0 Å². The van der Waals surface area contributed by atoms with Crippen molar-refractivity contribution < 1.29 is 131 Å². The summed E-state index contributed by atoms with van der Waals surface area (Å²) in [5.74, 6) is -5.82. The summed E-state index contributed by atoms with van der Waals surface area (Å²) in [6.07, 6.45) is -28.8. The van der Waals surface area contributed by atoms with Crippen LogP contribution < -0.4 is 0 Å². The van der Waals surface area contributed by atoms with Crippen molar-refractivity contribution in [3.8, 4) is 0 Å². The molecule has 0 heterocycles. The van der Waals surface area contributed by atoms with Gasteiger partial charge in [0.15, 0.2) is 61.8 Å². The molecule has 0 aromatic heterocycles. The highest BCUT2D eigenvalue weighted by molar-refractivity contribution is 7.97. The summed E-state index contributed by atoms with van der Waals surface area (Å²) in [7, 11) is -13.7. The zero-order valence-corrected chi connectivity index (χ0v) is 59.2. The maximum Gasteiger partial charge on any atom is 0.432 e. The molecule has 4 aliphatic carbocycles. The van der Waals surface area contributed by atoms with E-state index in [0.717, 1.165) is 6.92 Å². The topological polar surface area (TPSA) is 238 Å². The zero-order chi connectivity index (χ0) is 77.7. The molecule has 6 aromatic rings. The van der Waals surface area contributed by atoms with Crippen molar-refractivity contribution in [2.24, 2.45) is 23.2 Å². The molecule has 104 heavy (non-hydrogen) atoms. The van der Waals surface area contributed by atoms with E-state index in [0.29, 0.717) is 19.8 Å². The van der Waals surface area contributed by atoms with E-state index < -0.39 is 140 Å². The van der Waals surface area contributed by atoms with Crippen molar-refractivity contribution in [3.05, 3.63) is 206 Å². The van der Waals surface area contributed by atoms with E-state index in [1.165, 1.54) is 43.2 Å². The van der Waals surface area contributed by atoms with Crippen LogP contribution in [-0.4, -0.2) is 122 Å². The predicted molar refractivity (Wildman–Crippen MR) is 351 cm³/mol. The molecular formula is C71H71F13O16S4. The van der Waals surface area contributed by atoms with Crippen LogP contribution in [0.3, 0.4) is 0 Å². The lowest BCUT2D eigenvalue weighted by Crippen LogP contribution is -2.64. The molecule has 10 rings (SSSR count). The largest absolute Gasteiger partial charge is 0.743 e. The van der Waals surface area contributed by atoms with Crippen LogP contribution in [0.2, 0.25) is 0 Å². The number of esters is 4. The second-order valence-corrected chi connectivity index (χ2v) is 31.7. The molecule has 16 nitrogen and oxygen atoms in total. The highest BCUT2D eigenvalue weighted by Crippen LogP contribution is 2.65. The lowest BCUT2D eigenvalue weighted by Gasteiger charge is -2.62. The Hall–Kier alpha value is -7.79. The van der Waals surface area contributed by atoms with Gasteiger partial charge in [-0.3, -0.25) is 4.79 Å². The fourth-order valence-electron chi connectivity index (χ4n) is 11.8. The minimum Gasteiger partial charge on any atom is -0.743 e. The average Bonchev–Trinajstić information content (AvgIpc) is 0.705. The Labute approximate surface area is 597 Å². The van der Waals surface area contributed by atoms with Crippen molar-refractivity contribution in [1.29, 1.82) is 0 Å². The Kier molecular flexibility index (Phi) is 28.4. The smallest absolute Gasteiger partial charge is 0.432 e. The van der Waals surface area contributed by atoms with Gasteiger partial charge in [0.25, 0.3) is 6.10 Å². The molecule has 6 unspecified atom stereocenters. The van der Waals surface area contributed by atoms with Crippen LogP contribution >= 0.6 is 0 Å². The Morgan fingerprint density at radius 1 is 0.529 bits per heavy atom.